The number of aliphatic carboxylic acids is 1. The second-order valence-electron chi connectivity index (χ2n) is 8.94. The second-order valence-corrected chi connectivity index (χ2v) is 22.5. The summed E-state index contributed by atoms with van der Waals surface area (Å²) in [5.41, 5.74) is 2.86. The lowest BCUT2D eigenvalue weighted by atomic mass is 10.3. The number of aryl methyl sites for hydroxylation is 2. The van der Waals surface area contributed by atoms with Crippen molar-refractivity contribution in [3.05, 3.63) is 80.5 Å². The van der Waals surface area contributed by atoms with Crippen LogP contribution >= 0.6 is 215 Å². The Balaban J connectivity index is 0.000000168. The number of carboxylic acids is 2. The second kappa shape index (κ2) is 21.5. The lowest BCUT2D eigenvalue weighted by molar-refractivity contribution is -0.134. The minimum absolute atomic E-state index is 0.423. The van der Waals surface area contributed by atoms with Crippen LogP contribution in [0.25, 0.3) is 37.6 Å². The number of thiophene rings is 8. The number of aromatic carboxylic acids is 1. The topological polar surface area (TPSA) is 74.6 Å². The zero-order chi connectivity index (χ0) is 36.6. The van der Waals surface area contributed by atoms with Gasteiger partial charge in [0, 0.05) is 73.7 Å². The molecule has 0 atom stereocenters. The highest BCUT2D eigenvalue weighted by Gasteiger charge is 2.15. The van der Waals surface area contributed by atoms with E-state index in [0.717, 1.165) is 32.8 Å². The van der Waals surface area contributed by atoms with Crippen molar-refractivity contribution >= 4 is 264 Å². The standard InChI is InChI=1S/C8H8S2.C7H4O2S2.C6Br4S2.C6H2Br2S2.C2H4O2.Br2/c1-5-3-9-8-6(2)4-10-7(5)8;8-7(9)6-3-5-4(11-6)1-2-10-5;7-1-3-4(12-5(1)9)2(8)6(10)11-3;7-3-1-9-6-4(8)2-10-5(3)6;1-2(3)4;1-2/h3-4H,1-2H3;1-3H,(H,8,9);;1-2H;1H3,(H,3,4);. The predicted molar refractivity (Wildman–Crippen MR) is 253 cm³/mol. The normalized spacial score (nSPS) is 10.3. The molecule has 8 aromatic heterocycles. The van der Waals surface area contributed by atoms with Crippen molar-refractivity contribution in [2.45, 2.75) is 20.8 Å². The summed E-state index contributed by atoms with van der Waals surface area (Å²) in [4.78, 5) is 19.9. The summed E-state index contributed by atoms with van der Waals surface area (Å²) < 4.78 is 17.4. The number of carboxylic acid groups (broad SMARTS) is 2. The van der Waals surface area contributed by atoms with Crippen molar-refractivity contribution < 1.29 is 19.8 Å². The van der Waals surface area contributed by atoms with Crippen LogP contribution in [0.4, 0.5) is 0 Å². The molecule has 8 heterocycles. The van der Waals surface area contributed by atoms with Crippen LogP contribution in [0.1, 0.15) is 27.7 Å². The summed E-state index contributed by atoms with van der Waals surface area (Å²) in [7, 11) is 0. The van der Waals surface area contributed by atoms with Gasteiger partial charge in [0.15, 0.2) is 0 Å². The molecule has 0 saturated heterocycles. The van der Waals surface area contributed by atoms with E-state index in [2.05, 4.69) is 159 Å². The van der Waals surface area contributed by atoms with E-state index in [-0.39, 0.29) is 0 Å². The first kappa shape index (κ1) is 44.8. The minimum atomic E-state index is -0.835. The number of hydrogen-bond acceptors (Lipinski definition) is 10. The third-order valence-electron chi connectivity index (χ3n) is 5.51. The first-order valence-corrected chi connectivity index (χ1v) is 28.0. The Bertz CT molecular complexity index is 2080. The zero-order valence-corrected chi connectivity index (χ0v) is 43.8. The third kappa shape index (κ3) is 12.2. The van der Waals surface area contributed by atoms with E-state index in [9.17, 15) is 4.79 Å². The summed E-state index contributed by atoms with van der Waals surface area (Å²) in [5, 5.41) is 26.7. The van der Waals surface area contributed by atoms with Crippen LogP contribution in [-0.4, -0.2) is 22.2 Å². The molecule has 262 valence electrons. The van der Waals surface area contributed by atoms with Crippen molar-refractivity contribution in [1.29, 1.82) is 0 Å². The van der Waals surface area contributed by atoms with Crippen molar-refractivity contribution in [2.24, 2.45) is 0 Å². The number of hydrogen-bond donors (Lipinski definition) is 2. The van der Waals surface area contributed by atoms with Crippen LogP contribution in [0.2, 0.25) is 0 Å². The van der Waals surface area contributed by atoms with Gasteiger partial charge in [0.25, 0.3) is 5.97 Å². The van der Waals surface area contributed by atoms with E-state index in [4.69, 9.17) is 15.0 Å². The average molecular weight is 1330 g/mol. The molecule has 2 N–H and O–H groups in total. The van der Waals surface area contributed by atoms with Gasteiger partial charge in [0.2, 0.25) is 0 Å². The Hall–Kier alpha value is 1.42. The Kier molecular flexibility index (Phi) is 19.7. The van der Waals surface area contributed by atoms with Crippen LogP contribution in [0.15, 0.2) is 64.5 Å². The zero-order valence-electron chi connectivity index (χ0n) is 24.5. The molecule has 20 heteroatoms. The molecule has 0 aliphatic rings. The molecule has 8 rings (SSSR count). The van der Waals surface area contributed by atoms with Gasteiger partial charge >= 0.3 is 5.97 Å². The summed E-state index contributed by atoms with van der Waals surface area (Å²) in [5.74, 6) is -1.67. The quantitative estimate of drug-likeness (QED) is 0.172. The smallest absolute Gasteiger partial charge is 0.345 e. The number of fused-ring (bicyclic) bond motifs is 4. The molecule has 0 amide bonds. The maximum atomic E-state index is 10.5. The van der Waals surface area contributed by atoms with E-state index in [1.165, 1.54) is 59.6 Å². The van der Waals surface area contributed by atoms with Gasteiger partial charge in [-0.3, -0.25) is 4.79 Å². The lowest BCUT2D eigenvalue weighted by Crippen LogP contribution is -1.89. The van der Waals surface area contributed by atoms with Crippen molar-refractivity contribution in [3.63, 3.8) is 0 Å². The van der Waals surface area contributed by atoms with Crippen molar-refractivity contribution in [1.82, 2.24) is 0 Å². The van der Waals surface area contributed by atoms with E-state index < -0.39 is 11.9 Å². The van der Waals surface area contributed by atoms with Crippen molar-refractivity contribution in [2.75, 3.05) is 0 Å². The van der Waals surface area contributed by atoms with Crippen LogP contribution in [0, 0.1) is 13.8 Å². The summed E-state index contributed by atoms with van der Waals surface area (Å²) in [6.45, 7) is 5.43. The molecule has 0 unspecified atom stereocenters. The highest BCUT2D eigenvalue weighted by Crippen LogP contribution is 2.50. The SMILES string of the molecule is BrBr.Brc1csc2c(Br)csc12.Brc1sc2c(Br)c(Br)sc2c1Br.CC(=O)O.Cc1csc2c(C)csc12.O=C(O)c1cc2sccc2s1. The van der Waals surface area contributed by atoms with Gasteiger partial charge in [0.1, 0.15) is 4.88 Å². The lowest BCUT2D eigenvalue weighted by Gasteiger charge is -1.82. The molecule has 0 spiro atoms. The molecule has 0 saturated carbocycles. The fraction of sp³-hybridized carbons (Fsp3) is 0.103. The van der Waals surface area contributed by atoms with Crippen LogP contribution in [-0.2, 0) is 4.79 Å². The molecular weight excluding hydrogens is 1310 g/mol. The number of rotatable bonds is 1. The molecule has 49 heavy (non-hydrogen) atoms. The maximum Gasteiger partial charge on any atom is 0.345 e. The first-order chi connectivity index (χ1) is 23.2. The molecule has 8 aromatic rings. The van der Waals surface area contributed by atoms with Gasteiger partial charge in [-0.1, -0.05) is 0 Å². The Morgan fingerprint density at radius 3 is 1.39 bits per heavy atom. The molecule has 4 nitrogen and oxygen atoms in total. The summed E-state index contributed by atoms with van der Waals surface area (Å²) >= 11 is 40.1. The van der Waals surface area contributed by atoms with E-state index in [1.807, 2.05) is 34.1 Å². The summed E-state index contributed by atoms with van der Waals surface area (Å²) in [6, 6.07) is 3.66. The van der Waals surface area contributed by atoms with Gasteiger partial charge in [-0.2, -0.15) is 0 Å². The predicted octanol–water partition coefficient (Wildman–Crippen LogP) is 18.5. The van der Waals surface area contributed by atoms with E-state index >= 15 is 0 Å². The summed E-state index contributed by atoms with van der Waals surface area (Å²) in [6.07, 6.45) is 0. The fourth-order valence-electron chi connectivity index (χ4n) is 3.52. The maximum absolute atomic E-state index is 10.5. The highest BCUT2D eigenvalue weighted by molar-refractivity contribution is 9.93. The van der Waals surface area contributed by atoms with Gasteiger partial charge in [-0.15, -0.1) is 90.7 Å². The molecule has 0 aromatic carbocycles. The molecule has 0 aliphatic carbocycles. The Morgan fingerprint density at radius 1 is 0.592 bits per heavy atom. The van der Waals surface area contributed by atoms with Gasteiger partial charge in [0.05, 0.1) is 35.3 Å². The average Bonchev–Trinajstić information content (AvgIpc) is 3.91. The minimum Gasteiger partial charge on any atom is -0.481 e. The molecule has 0 radical (unpaired) electrons. The highest BCUT2D eigenvalue weighted by atomic mass is 80.9. The van der Waals surface area contributed by atoms with E-state index in [1.54, 1.807) is 62.8 Å². The number of halogens is 8. The Morgan fingerprint density at radius 2 is 1.00 bits per heavy atom. The molecule has 0 fully saturated rings. The third-order valence-corrected chi connectivity index (χ3v) is 22.3. The monoisotopic (exact) mass is 1320 g/mol. The van der Waals surface area contributed by atoms with Crippen LogP contribution in [0.3, 0.4) is 0 Å². The fourth-order valence-corrected chi connectivity index (χ4v) is 16.6. The molecule has 0 bridgehead atoms. The van der Waals surface area contributed by atoms with Gasteiger partial charge in [-0.25, -0.2) is 4.79 Å². The largest absolute Gasteiger partial charge is 0.481 e. The molecular formula is C29H18Br8O4S8. The Labute approximate surface area is 379 Å². The van der Waals surface area contributed by atoms with Crippen LogP contribution < -0.4 is 0 Å². The number of carbonyl (C=O) groups is 2. The van der Waals surface area contributed by atoms with E-state index in [0.29, 0.717) is 4.88 Å². The van der Waals surface area contributed by atoms with Gasteiger partial charge in [-0.05, 0) is 149 Å². The molecule has 0 aliphatic heterocycles. The first-order valence-electron chi connectivity index (χ1n) is 12.7. The van der Waals surface area contributed by atoms with Gasteiger partial charge < -0.3 is 10.2 Å². The van der Waals surface area contributed by atoms with Crippen LogP contribution in [0.5, 0.6) is 0 Å². The van der Waals surface area contributed by atoms with Crippen molar-refractivity contribution in [3.8, 4) is 0 Å².